The van der Waals surface area contributed by atoms with Crippen LogP contribution in [-0.4, -0.2) is 37.6 Å². The molecule has 1 aromatic rings. The van der Waals surface area contributed by atoms with Crippen molar-refractivity contribution < 1.29 is 0 Å². The summed E-state index contributed by atoms with van der Waals surface area (Å²) >= 11 is 3.62. The monoisotopic (exact) mass is 322 g/mol. The first-order valence-corrected chi connectivity index (χ1v) is 8.17. The van der Waals surface area contributed by atoms with Crippen molar-refractivity contribution in [3.63, 3.8) is 0 Å². The van der Waals surface area contributed by atoms with Crippen LogP contribution in [0, 0.1) is 0 Å². The first-order chi connectivity index (χ1) is 9.23. The maximum atomic E-state index is 3.62. The summed E-state index contributed by atoms with van der Waals surface area (Å²) in [5.74, 6) is 0. The molecule has 1 saturated heterocycles. The van der Waals surface area contributed by atoms with Gasteiger partial charge in [0.05, 0.1) is 0 Å². The maximum Gasteiger partial charge on any atom is 0.0178 e. The molecule has 1 aromatic carbocycles. The van der Waals surface area contributed by atoms with Gasteiger partial charge in [0.25, 0.3) is 0 Å². The van der Waals surface area contributed by atoms with Gasteiger partial charge in [-0.2, -0.15) is 0 Å². The van der Waals surface area contributed by atoms with Crippen LogP contribution in [0.3, 0.4) is 0 Å². The van der Waals surface area contributed by atoms with Gasteiger partial charge in [-0.25, -0.2) is 0 Å². The Hall–Kier alpha value is -0.380. The Morgan fingerprint density at radius 1 is 1.32 bits per heavy atom. The maximum absolute atomic E-state index is 3.62. The zero-order valence-electron chi connectivity index (χ0n) is 11.7. The quantitative estimate of drug-likeness (QED) is 0.916. The van der Waals surface area contributed by atoms with E-state index in [0.717, 1.165) is 12.6 Å². The zero-order valence-corrected chi connectivity index (χ0v) is 13.2. The first-order valence-electron chi connectivity index (χ1n) is 7.38. The van der Waals surface area contributed by atoms with Gasteiger partial charge in [0.1, 0.15) is 0 Å². The van der Waals surface area contributed by atoms with E-state index < -0.39 is 0 Å². The van der Waals surface area contributed by atoms with Crippen LogP contribution in [0.1, 0.15) is 31.2 Å². The van der Waals surface area contributed by atoms with Crippen LogP contribution in [0.2, 0.25) is 0 Å². The van der Waals surface area contributed by atoms with Crippen LogP contribution in [0.4, 0.5) is 0 Å². The number of likely N-dealkylation sites (tertiary alicyclic amines) is 1. The second-order valence-corrected chi connectivity index (χ2v) is 7.00. The molecule has 0 radical (unpaired) electrons. The highest BCUT2D eigenvalue weighted by Gasteiger charge is 2.39. The number of hydrogen-bond acceptors (Lipinski definition) is 2. The summed E-state index contributed by atoms with van der Waals surface area (Å²) in [5.41, 5.74) is 1.82. The van der Waals surface area contributed by atoms with E-state index in [4.69, 9.17) is 0 Å². The number of hydrogen-bond donors (Lipinski definition) is 1. The Morgan fingerprint density at radius 3 is 2.63 bits per heavy atom. The van der Waals surface area contributed by atoms with Gasteiger partial charge in [-0.1, -0.05) is 28.1 Å². The molecule has 19 heavy (non-hydrogen) atoms. The Labute approximate surface area is 124 Å². The number of halogens is 1. The Kier molecular flexibility index (Phi) is 3.97. The van der Waals surface area contributed by atoms with Crippen LogP contribution in [-0.2, 0) is 5.41 Å². The molecule has 2 nitrogen and oxygen atoms in total. The molecule has 3 heteroatoms. The van der Waals surface area contributed by atoms with Crippen molar-refractivity contribution in [1.82, 2.24) is 10.2 Å². The third kappa shape index (κ3) is 2.88. The van der Waals surface area contributed by atoms with E-state index in [-0.39, 0.29) is 0 Å². The van der Waals surface area contributed by atoms with E-state index >= 15 is 0 Å². The summed E-state index contributed by atoms with van der Waals surface area (Å²) in [6, 6.07) is 9.81. The predicted molar refractivity (Wildman–Crippen MR) is 83.6 cm³/mol. The van der Waals surface area contributed by atoms with Gasteiger partial charge in [0.2, 0.25) is 0 Å². The van der Waals surface area contributed by atoms with Gasteiger partial charge in [0, 0.05) is 22.5 Å². The smallest absolute Gasteiger partial charge is 0.0178 e. The molecule has 2 aliphatic rings. The third-order valence-corrected chi connectivity index (χ3v) is 5.26. The topological polar surface area (TPSA) is 15.3 Å². The van der Waals surface area contributed by atoms with Gasteiger partial charge in [0.15, 0.2) is 0 Å². The molecular weight excluding hydrogens is 300 g/mol. The molecule has 1 heterocycles. The van der Waals surface area contributed by atoms with Crippen molar-refractivity contribution in [2.45, 2.75) is 37.1 Å². The molecule has 0 spiro atoms. The van der Waals surface area contributed by atoms with E-state index in [9.17, 15) is 0 Å². The highest BCUT2D eigenvalue weighted by Crippen LogP contribution is 2.39. The standard InChI is InChI=1S/C16H23BrN2/c1-18-12-16(13-3-2-4-14(17)11-13)7-9-19(10-8-16)15-5-6-15/h2-4,11,15,18H,5-10,12H2,1H3. The van der Waals surface area contributed by atoms with Crippen LogP contribution >= 0.6 is 15.9 Å². The minimum Gasteiger partial charge on any atom is -0.319 e. The lowest BCUT2D eigenvalue weighted by Crippen LogP contribution is -2.48. The molecule has 104 valence electrons. The van der Waals surface area contributed by atoms with E-state index in [1.165, 1.54) is 48.8 Å². The number of piperidine rings is 1. The summed E-state index contributed by atoms with van der Waals surface area (Å²) in [4.78, 5) is 2.70. The second kappa shape index (κ2) is 5.55. The average Bonchev–Trinajstić information content (AvgIpc) is 3.24. The van der Waals surface area contributed by atoms with Crippen LogP contribution in [0.15, 0.2) is 28.7 Å². The summed E-state index contributed by atoms with van der Waals surface area (Å²) in [5, 5.41) is 3.42. The molecule has 3 rings (SSSR count). The Balaban J connectivity index is 1.79. The predicted octanol–water partition coefficient (Wildman–Crippen LogP) is 3.16. The fourth-order valence-corrected chi connectivity index (χ4v) is 3.88. The molecular formula is C16H23BrN2. The van der Waals surface area contributed by atoms with Crippen LogP contribution in [0.25, 0.3) is 0 Å². The summed E-state index contributed by atoms with van der Waals surface area (Å²) < 4.78 is 1.20. The summed E-state index contributed by atoms with van der Waals surface area (Å²) in [6.45, 7) is 3.61. The largest absolute Gasteiger partial charge is 0.319 e. The van der Waals surface area contributed by atoms with Crippen molar-refractivity contribution in [2.24, 2.45) is 0 Å². The minimum atomic E-state index is 0.323. The molecule has 1 aliphatic heterocycles. The molecule has 2 fully saturated rings. The van der Waals surface area contributed by atoms with Crippen molar-refractivity contribution in [1.29, 1.82) is 0 Å². The highest BCUT2D eigenvalue weighted by molar-refractivity contribution is 9.10. The molecule has 1 N–H and O–H groups in total. The van der Waals surface area contributed by atoms with E-state index in [1.54, 1.807) is 0 Å². The molecule has 0 atom stereocenters. The third-order valence-electron chi connectivity index (χ3n) is 4.77. The molecule has 0 amide bonds. The van der Waals surface area contributed by atoms with Crippen molar-refractivity contribution in [2.75, 3.05) is 26.7 Å². The van der Waals surface area contributed by atoms with Gasteiger partial charge < -0.3 is 10.2 Å². The summed E-state index contributed by atoms with van der Waals surface area (Å²) in [7, 11) is 2.08. The van der Waals surface area contributed by atoms with E-state index in [2.05, 4.69) is 57.5 Å². The fourth-order valence-electron chi connectivity index (χ4n) is 3.48. The second-order valence-electron chi connectivity index (χ2n) is 6.09. The number of nitrogens with zero attached hydrogens (tertiary/aromatic N) is 1. The van der Waals surface area contributed by atoms with E-state index in [0.29, 0.717) is 5.41 Å². The number of benzene rings is 1. The number of likely N-dealkylation sites (N-methyl/N-ethyl adjacent to an activating group) is 1. The van der Waals surface area contributed by atoms with Crippen molar-refractivity contribution >= 4 is 15.9 Å². The lowest BCUT2D eigenvalue weighted by molar-refractivity contribution is 0.150. The lowest BCUT2D eigenvalue weighted by Gasteiger charge is -2.42. The minimum absolute atomic E-state index is 0.323. The summed E-state index contributed by atoms with van der Waals surface area (Å²) in [6.07, 6.45) is 5.41. The van der Waals surface area contributed by atoms with Gasteiger partial charge >= 0.3 is 0 Å². The normalized spacial score (nSPS) is 23.5. The number of rotatable bonds is 4. The molecule has 0 unspecified atom stereocenters. The molecule has 1 aliphatic carbocycles. The van der Waals surface area contributed by atoms with Crippen molar-refractivity contribution in [3.8, 4) is 0 Å². The highest BCUT2D eigenvalue weighted by atomic mass is 79.9. The molecule has 0 bridgehead atoms. The molecule has 1 saturated carbocycles. The lowest BCUT2D eigenvalue weighted by atomic mass is 9.72. The number of nitrogens with one attached hydrogen (secondary N) is 1. The van der Waals surface area contributed by atoms with Crippen molar-refractivity contribution in [3.05, 3.63) is 34.3 Å². The van der Waals surface area contributed by atoms with Gasteiger partial charge in [-0.15, -0.1) is 0 Å². The molecule has 0 aromatic heterocycles. The van der Waals surface area contributed by atoms with Crippen LogP contribution < -0.4 is 5.32 Å². The Morgan fingerprint density at radius 2 is 2.05 bits per heavy atom. The Bertz CT molecular complexity index is 434. The van der Waals surface area contributed by atoms with E-state index in [1.807, 2.05) is 0 Å². The fraction of sp³-hybridized carbons (Fsp3) is 0.625. The zero-order chi connectivity index (χ0) is 13.3. The first kappa shape index (κ1) is 13.6. The van der Waals surface area contributed by atoms with Gasteiger partial charge in [-0.3, -0.25) is 0 Å². The average molecular weight is 323 g/mol. The van der Waals surface area contributed by atoms with Crippen LogP contribution in [0.5, 0.6) is 0 Å². The van der Waals surface area contributed by atoms with Gasteiger partial charge in [-0.05, 0) is 63.5 Å². The SMILES string of the molecule is CNCC1(c2cccc(Br)c2)CCN(C2CC2)CC1.